The lowest BCUT2D eigenvalue weighted by Crippen LogP contribution is -2.19. The normalized spacial score (nSPS) is 11.0. The molecule has 146 valence electrons. The van der Waals surface area contributed by atoms with E-state index in [1.54, 1.807) is 30.6 Å². The van der Waals surface area contributed by atoms with Gasteiger partial charge in [-0.3, -0.25) is 0 Å². The Bertz CT molecular complexity index is 926. The lowest BCUT2D eigenvalue weighted by Gasteiger charge is -2.15. The van der Waals surface area contributed by atoms with Crippen molar-refractivity contribution in [3.63, 3.8) is 0 Å². The molecule has 1 heterocycles. The summed E-state index contributed by atoms with van der Waals surface area (Å²) in [5.41, 5.74) is 1.55. The van der Waals surface area contributed by atoms with Crippen LogP contribution in [0.5, 0.6) is 17.2 Å². The van der Waals surface area contributed by atoms with Crippen LogP contribution in [0.15, 0.2) is 60.0 Å². The van der Waals surface area contributed by atoms with Crippen LogP contribution in [0.1, 0.15) is 25.6 Å². The van der Waals surface area contributed by atoms with Gasteiger partial charge in [-0.15, -0.1) is 11.3 Å². The van der Waals surface area contributed by atoms with Gasteiger partial charge >= 0.3 is 6.03 Å². The first-order valence-corrected chi connectivity index (χ1v) is 9.80. The number of urea groups is 1. The SMILES string of the molecule is COc1ccc(Oc2ccc(NC(=O)Nc3csc(C(C)(C)C)c3)cc2)cc1. The van der Waals surface area contributed by atoms with E-state index in [0.717, 1.165) is 11.4 Å². The molecule has 0 saturated carbocycles. The number of hydrogen-bond acceptors (Lipinski definition) is 4. The number of ether oxygens (including phenoxy) is 2. The van der Waals surface area contributed by atoms with Gasteiger partial charge in [0.05, 0.1) is 12.8 Å². The fourth-order valence-electron chi connectivity index (χ4n) is 2.47. The van der Waals surface area contributed by atoms with Gasteiger partial charge in [0.15, 0.2) is 0 Å². The topological polar surface area (TPSA) is 59.6 Å². The summed E-state index contributed by atoms with van der Waals surface area (Å²) in [5, 5.41) is 7.64. The van der Waals surface area contributed by atoms with Crippen molar-refractivity contribution in [3.05, 3.63) is 64.9 Å². The van der Waals surface area contributed by atoms with Crippen molar-refractivity contribution in [2.45, 2.75) is 26.2 Å². The van der Waals surface area contributed by atoms with Gasteiger partial charge in [0.2, 0.25) is 0 Å². The lowest BCUT2D eigenvalue weighted by atomic mass is 9.95. The van der Waals surface area contributed by atoms with Gasteiger partial charge in [-0.1, -0.05) is 20.8 Å². The van der Waals surface area contributed by atoms with Crippen LogP contribution in [0.2, 0.25) is 0 Å². The van der Waals surface area contributed by atoms with Crippen LogP contribution < -0.4 is 20.1 Å². The number of carbonyl (C=O) groups excluding carboxylic acids is 1. The summed E-state index contributed by atoms with van der Waals surface area (Å²) < 4.78 is 10.9. The number of thiophene rings is 1. The standard InChI is InChI=1S/C22H24N2O3S/c1-22(2,3)20-13-16(14-28-20)24-21(25)23-15-5-7-18(8-6-15)27-19-11-9-17(26-4)10-12-19/h5-14H,1-4H3,(H2,23,24,25). The third-order valence-electron chi connectivity index (χ3n) is 4.00. The largest absolute Gasteiger partial charge is 0.497 e. The van der Waals surface area contributed by atoms with Gasteiger partial charge in [-0.2, -0.15) is 0 Å². The number of rotatable bonds is 5. The molecule has 28 heavy (non-hydrogen) atoms. The average molecular weight is 397 g/mol. The zero-order valence-electron chi connectivity index (χ0n) is 16.4. The molecular weight excluding hydrogens is 372 g/mol. The molecule has 2 N–H and O–H groups in total. The van der Waals surface area contributed by atoms with Gasteiger partial charge in [0.25, 0.3) is 0 Å². The first-order chi connectivity index (χ1) is 13.3. The van der Waals surface area contributed by atoms with Crippen molar-refractivity contribution < 1.29 is 14.3 Å². The van der Waals surface area contributed by atoms with E-state index in [1.807, 2.05) is 47.8 Å². The summed E-state index contributed by atoms with van der Waals surface area (Å²) in [6.45, 7) is 6.45. The Kier molecular flexibility index (Phi) is 5.90. The Hall–Kier alpha value is -2.99. The maximum Gasteiger partial charge on any atom is 0.323 e. The Morgan fingerprint density at radius 3 is 1.93 bits per heavy atom. The molecule has 0 aliphatic heterocycles. The highest BCUT2D eigenvalue weighted by Crippen LogP contribution is 2.31. The van der Waals surface area contributed by atoms with E-state index in [4.69, 9.17) is 9.47 Å². The zero-order valence-corrected chi connectivity index (χ0v) is 17.2. The fraction of sp³-hybridized carbons (Fsp3) is 0.227. The van der Waals surface area contributed by atoms with Crippen LogP contribution >= 0.6 is 11.3 Å². The van der Waals surface area contributed by atoms with Gasteiger partial charge in [-0.25, -0.2) is 4.79 Å². The van der Waals surface area contributed by atoms with E-state index in [2.05, 4.69) is 31.4 Å². The first kappa shape index (κ1) is 19.8. The molecule has 0 aliphatic carbocycles. The highest BCUT2D eigenvalue weighted by molar-refractivity contribution is 7.10. The zero-order chi connectivity index (χ0) is 20.1. The van der Waals surface area contributed by atoms with Crippen molar-refractivity contribution >= 4 is 28.7 Å². The summed E-state index contributed by atoms with van der Waals surface area (Å²) in [7, 11) is 1.62. The van der Waals surface area contributed by atoms with E-state index in [1.165, 1.54) is 4.88 Å². The van der Waals surface area contributed by atoms with Crippen molar-refractivity contribution in [3.8, 4) is 17.2 Å². The Balaban J connectivity index is 1.56. The minimum Gasteiger partial charge on any atom is -0.497 e. The van der Waals surface area contributed by atoms with Crippen LogP contribution in [0.4, 0.5) is 16.2 Å². The number of anilines is 2. The number of hydrogen-bond donors (Lipinski definition) is 2. The van der Waals surface area contributed by atoms with Crippen molar-refractivity contribution in [1.29, 1.82) is 0 Å². The van der Waals surface area contributed by atoms with Crippen molar-refractivity contribution in [2.24, 2.45) is 0 Å². The predicted molar refractivity (Wildman–Crippen MR) is 115 cm³/mol. The molecule has 0 spiro atoms. The smallest absolute Gasteiger partial charge is 0.323 e. The highest BCUT2D eigenvalue weighted by atomic mass is 32.1. The quantitative estimate of drug-likeness (QED) is 0.518. The molecule has 0 fully saturated rings. The minimum absolute atomic E-state index is 0.0702. The summed E-state index contributed by atoms with van der Waals surface area (Å²) in [5.74, 6) is 2.17. The number of nitrogens with one attached hydrogen (secondary N) is 2. The number of benzene rings is 2. The van der Waals surface area contributed by atoms with Gasteiger partial charge < -0.3 is 20.1 Å². The van der Waals surface area contributed by atoms with Crippen LogP contribution in [-0.2, 0) is 5.41 Å². The van der Waals surface area contributed by atoms with Crippen molar-refractivity contribution in [1.82, 2.24) is 0 Å². The van der Waals surface area contributed by atoms with Gasteiger partial charge in [0.1, 0.15) is 17.2 Å². The van der Waals surface area contributed by atoms with E-state index >= 15 is 0 Å². The Morgan fingerprint density at radius 1 is 0.857 bits per heavy atom. The molecule has 0 aliphatic rings. The molecule has 0 atom stereocenters. The van der Waals surface area contributed by atoms with E-state index in [-0.39, 0.29) is 11.4 Å². The summed E-state index contributed by atoms with van der Waals surface area (Å²) in [4.78, 5) is 13.4. The summed E-state index contributed by atoms with van der Waals surface area (Å²) in [6, 6.07) is 16.3. The van der Waals surface area contributed by atoms with Gasteiger partial charge in [-0.05, 0) is 60.0 Å². The first-order valence-electron chi connectivity index (χ1n) is 8.92. The van der Waals surface area contributed by atoms with Crippen LogP contribution in [-0.4, -0.2) is 13.1 Å². The molecular formula is C22H24N2O3S. The second kappa shape index (κ2) is 8.35. The minimum atomic E-state index is -0.276. The van der Waals surface area contributed by atoms with Crippen molar-refractivity contribution in [2.75, 3.05) is 17.7 Å². The molecule has 3 aromatic rings. The third kappa shape index (κ3) is 5.27. The number of carbonyl (C=O) groups is 1. The molecule has 3 rings (SSSR count). The van der Waals surface area contributed by atoms with E-state index < -0.39 is 0 Å². The Labute approximate surface area is 169 Å². The van der Waals surface area contributed by atoms with E-state index in [9.17, 15) is 4.79 Å². The van der Waals surface area contributed by atoms with Gasteiger partial charge in [0, 0.05) is 15.9 Å². The van der Waals surface area contributed by atoms with Crippen LogP contribution in [0, 0.1) is 0 Å². The average Bonchev–Trinajstić information content (AvgIpc) is 3.13. The molecule has 5 nitrogen and oxygen atoms in total. The summed E-state index contributed by atoms with van der Waals surface area (Å²) >= 11 is 1.64. The summed E-state index contributed by atoms with van der Waals surface area (Å²) in [6.07, 6.45) is 0. The predicted octanol–water partition coefficient (Wildman–Crippen LogP) is 6.49. The fourth-order valence-corrected chi connectivity index (χ4v) is 3.40. The van der Waals surface area contributed by atoms with E-state index in [0.29, 0.717) is 17.2 Å². The molecule has 2 amide bonds. The molecule has 0 radical (unpaired) electrons. The van der Waals surface area contributed by atoms with Crippen LogP contribution in [0.3, 0.4) is 0 Å². The molecule has 6 heteroatoms. The molecule has 0 bridgehead atoms. The maximum atomic E-state index is 12.2. The number of amides is 2. The second-order valence-corrected chi connectivity index (χ2v) is 8.24. The Morgan fingerprint density at radius 2 is 1.39 bits per heavy atom. The molecule has 0 saturated heterocycles. The molecule has 1 aromatic heterocycles. The molecule has 0 unspecified atom stereocenters. The monoisotopic (exact) mass is 396 g/mol. The molecule has 2 aromatic carbocycles. The lowest BCUT2D eigenvalue weighted by molar-refractivity contribution is 0.262. The van der Waals surface area contributed by atoms with Crippen LogP contribution in [0.25, 0.3) is 0 Å². The highest BCUT2D eigenvalue weighted by Gasteiger charge is 2.16. The third-order valence-corrected chi connectivity index (χ3v) is 5.36. The number of methoxy groups -OCH3 is 1. The maximum absolute atomic E-state index is 12.2. The second-order valence-electron chi connectivity index (χ2n) is 7.33.